The summed E-state index contributed by atoms with van der Waals surface area (Å²) in [4.78, 5) is 3.99. The Morgan fingerprint density at radius 1 is 1.33 bits per heavy atom. The fourth-order valence-corrected chi connectivity index (χ4v) is 3.33. The van der Waals surface area contributed by atoms with Gasteiger partial charge in [0, 0.05) is 24.5 Å². The van der Waals surface area contributed by atoms with Crippen molar-refractivity contribution in [2.45, 2.75) is 19.5 Å². The smallest absolute Gasteiger partial charge is 0.0991 e. The van der Waals surface area contributed by atoms with Crippen LogP contribution in [0.1, 0.15) is 21.6 Å². The molecule has 0 atom stereocenters. The summed E-state index contributed by atoms with van der Waals surface area (Å²) in [5, 5.41) is 11.1. The fourth-order valence-electron chi connectivity index (χ4n) is 2.44. The van der Waals surface area contributed by atoms with Gasteiger partial charge in [0.15, 0.2) is 0 Å². The predicted octanol–water partition coefficient (Wildman–Crippen LogP) is 3.18. The Morgan fingerprint density at radius 3 is 3.17 bits per heavy atom. The van der Waals surface area contributed by atoms with E-state index >= 15 is 0 Å². The molecule has 0 radical (unpaired) electrons. The van der Waals surface area contributed by atoms with Crippen molar-refractivity contribution in [2.24, 2.45) is 0 Å². The van der Waals surface area contributed by atoms with E-state index in [-0.39, 0.29) is 0 Å². The lowest BCUT2D eigenvalue weighted by molar-refractivity contribution is 0.247. The van der Waals surface area contributed by atoms with Crippen LogP contribution < -0.4 is 0 Å². The summed E-state index contributed by atoms with van der Waals surface area (Å²) in [6.07, 6.45) is 1.16. The normalized spacial score (nSPS) is 15.1. The zero-order valence-electron chi connectivity index (χ0n) is 10.1. The van der Waals surface area contributed by atoms with Crippen LogP contribution in [0.3, 0.4) is 0 Å². The average Bonchev–Trinajstić information content (AvgIpc) is 2.86. The van der Waals surface area contributed by atoms with Gasteiger partial charge in [-0.05, 0) is 41.1 Å². The number of fused-ring (bicyclic) bond motifs is 1. The van der Waals surface area contributed by atoms with Crippen LogP contribution in [0.4, 0.5) is 0 Å². The number of nitrogens with zero attached hydrogens (tertiary/aromatic N) is 2. The van der Waals surface area contributed by atoms with Gasteiger partial charge in [-0.2, -0.15) is 5.26 Å². The van der Waals surface area contributed by atoms with Gasteiger partial charge in [-0.3, -0.25) is 4.90 Å². The summed E-state index contributed by atoms with van der Waals surface area (Å²) < 4.78 is 0. The summed E-state index contributed by atoms with van der Waals surface area (Å²) in [7, 11) is 0. The number of hydrogen-bond acceptors (Lipinski definition) is 3. The van der Waals surface area contributed by atoms with Gasteiger partial charge in [0.05, 0.1) is 11.6 Å². The Labute approximate surface area is 111 Å². The third-order valence-corrected chi connectivity index (χ3v) is 4.37. The van der Waals surface area contributed by atoms with E-state index in [1.165, 1.54) is 16.0 Å². The predicted molar refractivity (Wildman–Crippen MR) is 73.3 cm³/mol. The molecule has 0 saturated carbocycles. The molecule has 0 spiro atoms. The van der Waals surface area contributed by atoms with E-state index in [4.69, 9.17) is 5.26 Å². The first-order valence-corrected chi connectivity index (χ1v) is 7.00. The van der Waals surface area contributed by atoms with Crippen molar-refractivity contribution in [3.63, 3.8) is 0 Å². The van der Waals surface area contributed by atoms with E-state index in [1.54, 1.807) is 0 Å². The van der Waals surface area contributed by atoms with E-state index in [1.807, 2.05) is 29.5 Å². The highest BCUT2D eigenvalue weighted by Crippen LogP contribution is 2.25. The van der Waals surface area contributed by atoms with Crippen LogP contribution in [-0.4, -0.2) is 11.4 Å². The molecule has 0 amide bonds. The van der Waals surface area contributed by atoms with Crippen LogP contribution in [-0.2, 0) is 19.5 Å². The molecule has 18 heavy (non-hydrogen) atoms. The van der Waals surface area contributed by atoms with Gasteiger partial charge in [-0.15, -0.1) is 11.3 Å². The highest BCUT2D eigenvalue weighted by molar-refractivity contribution is 7.10. The zero-order valence-corrected chi connectivity index (χ0v) is 10.9. The van der Waals surface area contributed by atoms with Crippen molar-refractivity contribution in [1.82, 2.24) is 4.90 Å². The third-order valence-electron chi connectivity index (χ3n) is 3.35. The standard InChI is InChI=1S/C15H14N2S/c16-9-12-2-1-3-13(8-12)10-17-6-4-15-14(11-17)5-7-18-15/h1-3,5,7-8H,4,6,10-11H2. The molecule has 0 unspecified atom stereocenters. The molecule has 0 saturated heterocycles. The Bertz CT molecular complexity index is 595. The fraction of sp³-hybridized carbons (Fsp3) is 0.267. The summed E-state index contributed by atoms with van der Waals surface area (Å²) in [5.41, 5.74) is 3.45. The summed E-state index contributed by atoms with van der Waals surface area (Å²) in [6, 6.07) is 12.3. The summed E-state index contributed by atoms with van der Waals surface area (Å²) in [6.45, 7) is 3.09. The van der Waals surface area contributed by atoms with Crippen LogP contribution in [0.15, 0.2) is 35.7 Å². The summed E-state index contributed by atoms with van der Waals surface area (Å²) in [5.74, 6) is 0. The van der Waals surface area contributed by atoms with E-state index in [2.05, 4.69) is 28.5 Å². The van der Waals surface area contributed by atoms with Crippen LogP contribution in [0.25, 0.3) is 0 Å². The monoisotopic (exact) mass is 254 g/mol. The Balaban J connectivity index is 1.73. The van der Waals surface area contributed by atoms with Gasteiger partial charge in [-0.1, -0.05) is 12.1 Å². The second-order valence-corrected chi connectivity index (χ2v) is 5.64. The topological polar surface area (TPSA) is 27.0 Å². The number of benzene rings is 1. The van der Waals surface area contributed by atoms with Crippen molar-refractivity contribution >= 4 is 11.3 Å². The van der Waals surface area contributed by atoms with E-state index < -0.39 is 0 Å². The lowest BCUT2D eigenvalue weighted by atomic mass is 10.1. The number of thiophene rings is 1. The number of rotatable bonds is 2. The Hall–Kier alpha value is -1.63. The van der Waals surface area contributed by atoms with Crippen LogP contribution in [0.5, 0.6) is 0 Å². The summed E-state index contributed by atoms with van der Waals surface area (Å²) >= 11 is 1.87. The van der Waals surface area contributed by atoms with E-state index in [0.29, 0.717) is 0 Å². The van der Waals surface area contributed by atoms with Crippen LogP contribution >= 0.6 is 11.3 Å². The number of nitriles is 1. The first-order chi connectivity index (χ1) is 8.85. The molecule has 3 rings (SSSR count). The molecule has 0 bridgehead atoms. The first kappa shape index (κ1) is 11.5. The van der Waals surface area contributed by atoms with Crippen molar-refractivity contribution < 1.29 is 0 Å². The second kappa shape index (κ2) is 4.93. The molecule has 2 nitrogen and oxygen atoms in total. The minimum absolute atomic E-state index is 0.751. The first-order valence-electron chi connectivity index (χ1n) is 6.12. The average molecular weight is 254 g/mol. The second-order valence-electron chi connectivity index (χ2n) is 4.64. The maximum absolute atomic E-state index is 8.91. The molecular weight excluding hydrogens is 240 g/mol. The highest BCUT2D eigenvalue weighted by atomic mass is 32.1. The molecule has 2 heterocycles. The Morgan fingerprint density at radius 2 is 2.28 bits per heavy atom. The van der Waals surface area contributed by atoms with E-state index in [0.717, 1.165) is 31.6 Å². The maximum Gasteiger partial charge on any atom is 0.0991 e. The van der Waals surface area contributed by atoms with Gasteiger partial charge >= 0.3 is 0 Å². The molecule has 90 valence electrons. The molecule has 1 aromatic heterocycles. The molecule has 0 N–H and O–H groups in total. The molecule has 2 aromatic rings. The van der Waals surface area contributed by atoms with Gasteiger partial charge in [0.2, 0.25) is 0 Å². The molecule has 1 aliphatic heterocycles. The molecular formula is C15H14N2S. The van der Waals surface area contributed by atoms with Gasteiger partial charge in [0.1, 0.15) is 0 Å². The molecule has 0 aliphatic carbocycles. The quantitative estimate of drug-likeness (QED) is 0.823. The molecule has 3 heteroatoms. The molecule has 1 aromatic carbocycles. The van der Waals surface area contributed by atoms with Gasteiger partial charge in [0.25, 0.3) is 0 Å². The minimum Gasteiger partial charge on any atom is -0.294 e. The van der Waals surface area contributed by atoms with Gasteiger partial charge in [-0.25, -0.2) is 0 Å². The molecule has 0 fully saturated rings. The maximum atomic E-state index is 8.91. The molecule has 1 aliphatic rings. The van der Waals surface area contributed by atoms with Crippen LogP contribution in [0.2, 0.25) is 0 Å². The van der Waals surface area contributed by atoms with Crippen molar-refractivity contribution in [2.75, 3.05) is 6.54 Å². The lowest BCUT2D eigenvalue weighted by Crippen LogP contribution is -2.29. The highest BCUT2D eigenvalue weighted by Gasteiger charge is 2.17. The van der Waals surface area contributed by atoms with Crippen molar-refractivity contribution in [3.05, 3.63) is 57.3 Å². The van der Waals surface area contributed by atoms with E-state index in [9.17, 15) is 0 Å². The van der Waals surface area contributed by atoms with Crippen LogP contribution in [0, 0.1) is 11.3 Å². The minimum atomic E-state index is 0.751. The lowest BCUT2D eigenvalue weighted by Gasteiger charge is -2.26. The SMILES string of the molecule is N#Cc1cccc(CN2CCc3sccc3C2)c1. The van der Waals surface area contributed by atoms with Crippen molar-refractivity contribution in [1.29, 1.82) is 5.26 Å². The largest absolute Gasteiger partial charge is 0.294 e. The zero-order chi connectivity index (χ0) is 12.4. The van der Waals surface area contributed by atoms with Gasteiger partial charge < -0.3 is 0 Å². The third kappa shape index (κ3) is 2.31. The Kier molecular flexibility index (Phi) is 3.14. The van der Waals surface area contributed by atoms with Crippen molar-refractivity contribution in [3.8, 4) is 6.07 Å². The number of hydrogen-bond donors (Lipinski definition) is 0.